The fourth-order valence-electron chi connectivity index (χ4n) is 5.13. The smallest absolute Gasteiger partial charge is 0.141 e. The largest absolute Gasteiger partial charge is 0.309 e. The van der Waals surface area contributed by atoms with E-state index in [0.29, 0.717) is 18.1 Å². The molecule has 1 spiro atoms. The van der Waals surface area contributed by atoms with Crippen molar-refractivity contribution >= 4 is 5.78 Å². The molecule has 1 aliphatic carbocycles. The Bertz CT molecular complexity index is 762. The first-order chi connectivity index (χ1) is 12.1. The van der Waals surface area contributed by atoms with Crippen molar-refractivity contribution in [2.45, 2.75) is 51.5 Å². The second-order valence-corrected chi connectivity index (χ2v) is 8.01. The van der Waals surface area contributed by atoms with Crippen molar-refractivity contribution in [2.24, 2.45) is 5.41 Å². The molecule has 0 bridgehead atoms. The van der Waals surface area contributed by atoms with Crippen molar-refractivity contribution in [3.63, 3.8) is 0 Å². The van der Waals surface area contributed by atoms with Crippen molar-refractivity contribution in [3.05, 3.63) is 70.8 Å². The second kappa shape index (κ2) is 6.42. The van der Waals surface area contributed by atoms with Crippen molar-refractivity contribution in [1.29, 1.82) is 0 Å². The van der Waals surface area contributed by atoms with Gasteiger partial charge in [0.1, 0.15) is 5.78 Å². The lowest BCUT2D eigenvalue weighted by molar-refractivity contribution is -0.128. The fourth-order valence-corrected chi connectivity index (χ4v) is 5.13. The number of piperidine rings is 1. The molecule has 1 heterocycles. The molecule has 2 nitrogen and oxygen atoms in total. The highest BCUT2D eigenvalue weighted by Crippen LogP contribution is 2.54. The van der Waals surface area contributed by atoms with Crippen LogP contribution in [0.2, 0.25) is 0 Å². The summed E-state index contributed by atoms with van der Waals surface area (Å²) < 4.78 is 0. The summed E-state index contributed by atoms with van der Waals surface area (Å²) in [6, 6.07) is 17.5. The van der Waals surface area contributed by atoms with Gasteiger partial charge in [-0.05, 0) is 56.7 Å². The average molecular weight is 333 g/mol. The van der Waals surface area contributed by atoms with Gasteiger partial charge in [-0.25, -0.2) is 0 Å². The molecule has 3 unspecified atom stereocenters. The van der Waals surface area contributed by atoms with E-state index in [1.54, 1.807) is 0 Å². The first kappa shape index (κ1) is 16.5. The molecule has 2 aliphatic rings. The Hall–Kier alpha value is -1.93. The van der Waals surface area contributed by atoms with E-state index in [2.05, 4.69) is 61.6 Å². The quantitative estimate of drug-likeness (QED) is 0.850. The Labute approximate surface area is 150 Å². The number of hydrogen-bond acceptors (Lipinski definition) is 2. The van der Waals surface area contributed by atoms with E-state index in [1.807, 2.05) is 6.07 Å². The first-order valence-corrected chi connectivity index (χ1v) is 9.48. The number of aryl methyl sites for hydroxylation is 2. The van der Waals surface area contributed by atoms with Crippen molar-refractivity contribution < 1.29 is 4.79 Å². The molecule has 25 heavy (non-hydrogen) atoms. The van der Waals surface area contributed by atoms with Gasteiger partial charge in [-0.15, -0.1) is 0 Å². The lowest BCUT2D eigenvalue weighted by Gasteiger charge is -2.41. The van der Waals surface area contributed by atoms with Gasteiger partial charge in [0.2, 0.25) is 0 Å². The summed E-state index contributed by atoms with van der Waals surface area (Å²) in [6.07, 6.45) is 3.77. The molecule has 0 aromatic heterocycles. The van der Waals surface area contributed by atoms with Gasteiger partial charge in [-0.2, -0.15) is 0 Å². The molecule has 2 fully saturated rings. The van der Waals surface area contributed by atoms with Crippen LogP contribution in [-0.4, -0.2) is 12.3 Å². The first-order valence-electron chi connectivity index (χ1n) is 9.48. The summed E-state index contributed by atoms with van der Waals surface area (Å²) in [5, 5.41) is 3.67. The standard InChI is InChI=1S/C23H27NO/c1-16-11-17(2)13-19(12-16)20-14-21(25)23(15-20)9-6-10-24-22(23)18-7-4-3-5-8-18/h3-5,7-8,11-13,20,22,24H,6,9-10,14-15H2,1-2H3. The fraction of sp³-hybridized carbons (Fsp3) is 0.435. The highest BCUT2D eigenvalue weighted by Gasteiger charge is 2.53. The Morgan fingerprint density at radius 2 is 1.72 bits per heavy atom. The van der Waals surface area contributed by atoms with Crippen molar-refractivity contribution in [2.75, 3.05) is 6.54 Å². The van der Waals surface area contributed by atoms with Gasteiger partial charge in [-0.1, -0.05) is 59.7 Å². The predicted octanol–water partition coefficient (Wildman–Crippen LogP) is 4.86. The van der Waals surface area contributed by atoms with E-state index in [4.69, 9.17) is 0 Å². The number of ketones is 1. The van der Waals surface area contributed by atoms with Gasteiger partial charge in [0.15, 0.2) is 0 Å². The summed E-state index contributed by atoms with van der Waals surface area (Å²) in [5.74, 6) is 0.815. The molecule has 3 atom stereocenters. The molecule has 1 N–H and O–H groups in total. The minimum atomic E-state index is -0.234. The van der Waals surface area contributed by atoms with Crippen molar-refractivity contribution in [3.8, 4) is 0 Å². The molecule has 2 aromatic rings. The zero-order valence-electron chi connectivity index (χ0n) is 15.2. The van der Waals surface area contributed by atoms with Crippen LogP contribution >= 0.6 is 0 Å². The molecule has 1 aliphatic heterocycles. The van der Waals surface area contributed by atoms with E-state index < -0.39 is 0 Å². The molecular weight excluding hydrogens is 306 g/mol. The summed E-state index contributed by atoms with van der Waals surface area (Å²) in [7, 11) is 0. The van der Waals surface area contributed by atoms with Gasteiger partial charge in [-0.3, -0.25) is 4.79 Å². The molecule has 1 saturated heterocycles. The summed E-state index contributed by atoms with van der Waals surface area (Å²) in [4.78, 5) is 13.2. The van der Waals surface area contributed by atoms with Gasteiger partial charge in [0, 0.05) is 17.9 Å². The summed E-state index contributed by atoms with van der Waals surface area (Å²) >= 11 is 0. The molecule has 1 saturated carbocycles. The van der Waals surface area contributed by atoms with Crippen LogP contribution < -0.4 is 5.32 Å². The Morgan fingerprint density at radius 1 is 1.00 bits per heavy atom. The third-order valence-electron chi connectivity index (χ3n) is 6.15. The topological polar surface area (TPSA) is 29.1 Å². The molecule has 130 valence electrons. The number of nitrogens with one attached hydrogen (secondary N) is 1. The Kier molecular flexibility index (Phi) is 4.24. The third kappa shape index (κ3) is 2.93. The van der Waals surface area contributed by atoms with Crippen LogP contribution in [0.1, 0.15) is 59.9 Å². The van der Waals surface area contributed by atoms with Crippen LogP contribution in [0.25, 0.3) is 0 Å². The van der Waals surface area contributed by atoms with Crippen LogP contribution in [0.3, 0.4) is 0 Å². The molecule has 2 aromatic carbocycles. The average Bonchev–Trinajstić information content (AvgIpc) is 2.92. The number of carbonyl (C=O) groups is 1. The number of hydrogen-bond donors (Lipinski definition) is 1. The third-order valence-corrected chi connectivity index (χ3v) is 6.15. The molecule has 0 amide bonds. The predicted molar refractivity (Wildman–Crippen MR) is 102 cm³/mol. The van der Waals surface area contributed by atoms with Gasteiger partial charge >= 0.3 is 0 Å². The highest BCUT2D eigenvalue weighted by atomic mass is 16.1. The van der Waals surface area contributed by atoms with E-state index in [-0.39, 0.29) is 11.5 Å². The molecule has 4 rings (SSSR count). The maximum absolute atomic E-state index is 13.2. The molecular formula is C23H27NO. The SMILES string of the molecule is Cc1cc(C)cc(C2CC(=O)C3(CCCNC3c3ccccc3)C2)c1. The zero-order chi connectivity index (χ0) is 17.4. The molecule has 0 radical (unpaired) electrons. The number of carbonyl (C=O) groups excluding carboxylic acids is 1. The van der Waals surface area contributed by atoms with E-state index in [1.165, 1.54) is 22.3 Å². The number of Topliss-reactive ketones (excluding diaryl/α,β-unsaturated/α-hetero) is 1. The normalized spacial score (nSPS) is 29.3. The van der Waals surface area contributed by atoms with Crippen LogP contribution in [-0.2, 0) is 4.79 Å². The molecule has 2 heteroatoms. The van der Waals surface area contributed by atoms with Gasteiger partial charge in [0.05, 0.1) is 0 Å². The van der Waals surface area contributed by atoms with Crippen molar-refractivity contribution in [1.82, 2.24) is 5.32 Å². The maximum atomic E-state index is 13.2. The second-order valence-electron chi connectivity index (χ2n) is 8.01. The number of rotatable bonds is 2. The zero-order valence-corrected chi connectivity index (χ0v) is 15.2. The summed E-state index contributed by atoms with van der Waals surface area (Å²) in [6.45, 7) is 5.30. The van der Waals surface area contributed by atoms with Crippen LogP contribution in [0, 0.1) is 19.3 Å². The monoisotopic (exact) mass is 333 g/mol. The van der Waals surface area contributed by atoms with Gasteiger partial charge < -0.3 is 5.32 Å². The Balaban J connectivity index is 1.69. The van der Waals surface area contributed by atoms with Crippen LogP contribution in [0.5, 0.6) is 0 Å². The van der Waals surface area contributed by atoms with Gasteiger partial charge in [0.25, 0.3) is 0 Å². The minimum absolute atomic E-state index is 0.158. The lowest BCUT2D eigenvalue weighted by atomic mass is 9.69. The van der Waals surface area contributed by atoms with Crippen LogP contribution in [0.4, 0.5) is 0 Å². The number of benzene rings is 2. The van der Waals surface area contributed by atoms with Crippen LogP contribution in [0.15, 0.2) is 48.5 Å². The highest BCUT2D eigenvalue weighted by molar-refractivity contribution is 5.89. The minimum Gasteiger partial charge on any atom is -0.309 e. The van der Waals surface area contributed by atoms with E-state index >= 15 is 0 Å². The van der Waals surface area contributed by atoms with E-state index in [0.717, 1.165) is 25.8 Å². The Morgan fingerprint density at radius 3 is 2.44 bits per heavy atom. The van der Waals surface area contributed by atoms with E-state index in [9.17, 15) is 4.79 Å². The summed E-state index contributed by atoms with van der Waals surface area (Å²) in [5.41, 5.74) is 4.97. The lowest BCUT2D eigenvalue weighted by Crippen LogP contribution is -2.45. The maximum Gasteiger partial charge on any atom is 0.141 e.